The number of nitrogens with zero attached hydrogens (tertiary/aromatic N) is 2. The lowest BCUT2D eigenvalue weighted by Gasteiger charge is -2.29. The van der Waals surface area contributed by atoms with Gasteiger partial charge in [0, 0.05) is 30.6 Å². The summed E-state index contributed by atoms with van der Waals surface area (Å²) in [5, 5.41) is 3.08. The second-order valence-electron chi connectivity index (χ2n) is 4.61. The van der Waals surface area contributed by atoms with Crippen LogP contribution in [-0.4, -0.2) is 30.8 Å². The van der Waals surface area contributed by atoms with Crippen LogP contribution < -0.4 is 0 Å². The Morgan fingerprint density at radius 3 is 2.60 bits per heavy atom. The fourth-order valence-corrected chi connectivity index (χ4v) is 6.26. The van der Waals surface area contributed by atoms with Gasteiger partial charge in [-0.2, -0.15) is 4.31 Å². The Bertz CT molecular complexity index is 673. The molecule has 1 fully saturated rings. The van der Waals surface area contributed by atoms with E-state index in [1.165, 1.54) is 0 Å². The Balaban J connectivity index is 1.72. The highest BCUT2D eigenvalue weighted by Crippen LogP contribution is 2.34. The highest BCUT2D eigenvalue weighted by molar-refractivity contribution is 7.91. The molecule has 0 saturated carbocycles. The summed E-state index contributed by atoms with van der Waals surface area (Å²) in [6, 6.07) is 3.21. The van der Waals surface area contributed by atoms with E-state index in [2.05, 4.69) is 4.98 Å². The van der Waals surface area contributed by atoms with Crippen LogP contribution in [-0.2, 0) is 10.0 Å². The van der Waals surface area contributed by atoms with Gasteiger partial charge in [-0.3, -0.25) is 0 Å². The van der Waals surface area contributed by atoms with Crippen molar-refractivity contribution in [1.82, 2.24) is 9.29 Å². The van der Waals surface area contributed by atoms with Crippen LogP contribution in [0.2, 0.25) is 4.34 Å². The fraction of sp³-hybridized carbons (Fsp3) is 0.417. The molecule has 4 nitrogen and oxygen atoms in total. The number of hydrogen-bond acceptors (Lipinski definition) is 5. The predicted molar refractivity (Wildman–Crippen MR) is 82.2 cm³/mol. The second kappa shape index (κ2) is 5.73. The topological polar surface area (TPSA) is 50.3 Å². The molecule has 1 aliphatic heterocycles. The quantitative estimate of drug-likeness (QED) is 0.853. The molecule has 1 saturated heterocycles. The van der Waals surface area contributed by atoms with Crippen molar-refractivity contribution in [3.05, 3.63) is 33.1 Å². The van der Waals surface area contributed by atoms with Gasteiger partial charge in [-0.15, -0.1) is 22.7 Å². The first-order chi connectivity index (χ1) is 9.57. The number of hydrogen-bond donors (Lipinski definition) is 0. The standard InChI is InChI=1S/C12H13ClN2O2S3/c13-10-1-2-11(19-10)20(16,17)15-6-3-9(4-7-15)12-14-5-8-18-12/h1-2,5,8-9H,3-4,6-7H2. The zero-order valence-corrected chi connectivity index (χ0v) is 13.7. The maximum Gasteiger partial charge on any atom is 0.252 e. The van der Waals surface area contributed by atoms with E-state index < -0.39 is 10.0 Å². The number of thiophene rings is 1. The van der Waals surface area contributed by atoms with Gasteiger partial charge in [0.25, 0.3) is 10.0 Å². The van der Waals surface area contributed by atoms with E-state index in [1.54, 1.807) is 34.0 Å². The van der Waals surface area contributed by atoms with Gasteiger partial charge in [0.15, 0.2) is 0 Å². The van der Waals surface area contributed by atoms with Crippen LogP contribution in [0.4, 0.5) is 0 Å². The Morgan fingerprint density at radius 2 is 2.05 bits per heavy atom. The van der Waals surface area contributed by atoms with Gasteiger partial charge in [0.05, 0.1) is 9.34 Å². The maximum atomic E-state index is 12.5. The molecule has 0 atom stereocenters. The first-order valence-electron chi connectivity index (χ1n) is 6.22. The van der Waals surface area contributed by atoms with Crippen molar-refractivity contribution < 1.29 is 8.42 Å². The lowest BCUT2D eigenvalue weighted by molar-refractivity contribution is 0.319. The van der Waals surface area contributed by atoms with E-state index in [4.69, 9.17) is 11.6 Å². The van der Waals surface area contributed by atoms with Crippen molar-refractivity contribution in [2.45, 2.75) is 23.0 Å². The van der Waals surface area contributed by atoms with Gasteiger partial charge in [0.2, 0.25) is 0 Å². The van der Waals surface area contributed by atoms with Gasteiger partial charge in [-0.1, -0.05) is 11.6 Å². The van der Waals surface area contributed by atoms with Gasteiger partial charge in [0.1, 0.15) is 4.21 Å². The van der Waals surface area contributed by atoms with Crippen molar-refractivity contribution in [3.8, 4) is 0 Å². The number of aromatic nitrogens is 1. The molecule has 1 aliphatic rings. The van der Waals surface area contributed by atoms with Crippen molar-refractivity contribution in [2.75, 3.05) is 13.1 Å². The third-order valence-corrected chi connectivity index (χ3v) is 7.93. The zero-order valence-electron chi connectivity index (χ0n) is 10.5. The van der Waals surface area contributed by atoms with Crippen molar-refractivity contribution >= 4 is 44.3 Å². The van der Waals surface area contributed by atoms with Crippen LogP contribution in [0.5, 0.6) is 0 Å². The van der Waals surface area contributed by atoms with E-state index in [0.717, 1.165) is 29.2 Å². The summed E-state index contributed by atoms with van der Waals surface area (Å²) in [6.45, 7) is 1.09. The molecule has 0 spiro atoms. The molecule has 2 aromatic heterocycles. The van der Waals surface area contributed by atoms with Crippen LogP contribution in [0.15, 0.2) is 27.9 Å². The Morgan fingerprint density at radius 1 is 1.30 bits per heavy atom. The summed E-state index contributed by atoms with van der Waals surface area (Å²) >= 11 is 8.58. The molecule has 0 aromatic carbocycles. The average molecular weight is 349 g/mol. The molecule has 2 aromatic rings. The average Bonchev–Trinajstić information content (AvgIpc) is 3.10. The molecule has 20 heavy (non-hydrogen) atoms. The van der Waals surface area contributed by atoms with Crippen LogP contribution >= 0.6 is 34.3 Å². The number of thiazole rings is 1. The molecule has 8 heteroatoms. The molecule has 0 bridgehead atoms. The van der Waals surface area contributed by atoms with Gasteiger partial charge < -0.3 is 0 Å². The number of halogens is 1. The summed E-state index contributed by atoms with van der Waals surface area (Å²) < 4.78 is 27.3. The highest BCUT2D eigenvalue weighted by Gasteiger charge is 2.31. The molecule has 0 unspecified atom stereocenters. The van der Waals surface area contributed by atoms with E-state index in [1.807, 2.05) is 5.38 Å². The molecule has 3 rings (SSSR count). The van der Waals surface area contributed by atoms with Gasteiger partial charge >= 0.3 is 0 Å². The summed E-state index contributed by atoms with van der Waals surface area (Å²) in [4.78, 5) is 4.32. The Kier molecular flexibility index (Phi) is 4.14. The highest BCUT2D eigenvalue weighted by atomic mass is 35.5. The third-order valence-electron chi connectivity index (χ3n) is 3.40. The summed E-state index contributed by atoms with van der Waals surface area (Å²) in [7, 11) is -3.38. The van der Waals surface area contributed by atoms with Crippen LogP contribution in [0.1, 0.15) is 23.8 Å². The van der Waals surface area contributed by atoms with Crippen LogP contribution in [0, 0.1) is 0 Å². The molecule has 0 aliphatic carbocycles. The van der Waals surface area contributed by atoms with E-state index >= 15 is 0 Å². The number of piperidine rings is 1. The van der Waals surface area contributed by atoms with Crippen LogP contribution in [0.25, 0.3) is 0 Å². The minimum Gasteiger partial charge on any atom is -0.249 e. The summed E-state index contributed by atoms with van der Waals surface area (Å²) in [5.74, 6) is 0.383. The van der Waals surface area contributed by atoms with E-state index in [-0.39, 0.29) is 0 Å². The minimum atomic E-state index is -3.38. The molecular formula is C12H13ClN2O2S3. The van der Waals surface area contributed by atoms with E-state index in [0.29, 0.717) is 27.6 Å². The largest absolute Gasteiger partial charge is 0.252 e. The molecule has 108 valence electrons. The van der Waals surface area contributed by atoms with Crippen LogP contribution in [0.3, 0.4) is 0 Å². The van der Waals surface area contributed by atoms with Crippen molar-refractivity contribution in [3.63, 3.8) is 0 Å². The molecule has 0 N–H and O–H groups in total. The smallest absolute Gasteiger partial charge is 0.249 e. The summed E-state index contributed by atoms with van der Waals surface area (Å²) in [6.07, 6.45) is 3.45. The van der Waals surface area contributed by atoms with Crippen molar-refractivity contribution in [2.24, 2.45) is 0 Å². The second-order valence-corrected chi connectivity index (χ2v) is 9.41. The molecular weight excluding hydrogens is 336 g/mol. The third kappa shape index (κ3) is 2.78. The Labute approximate surface area is 131 Å². The Hall–Kier alpha value is -0.470. The fourth-order valence-electron chi connectivity index (χ4n) is 2.34. The first kappa shape index (κ1) is 14.5. The number of sulfonamides is 1. The lowest BCUT2D eigenvalue weighted by Crippen LogP contribution is -2.37. The maximum absolute atomic E-state index is 12.5. The number of rotatable bonds is 3. The first-order valence-corrected chi connectivity index (χ1v) is 9.73. The van der Waals surface area contributed by atoms with Gasteiger partial charge in [-0.05, 0) is 25.0 Å². The lowest BCUT2D eigenvalue weighted by atomic mass is 9.99. The molecule has 3 heterocycles. The molecule has 0 radical (unpaired) electrons. The SMILES string of the molecule is O=S(=O)(c1ccc(Cl)s1)N1CCC(c2nccs2)CC1. The van der Waals surface area contributed by atoms with Crippen molar-refractivity contribution in [1.29, 1.82) is 0 Å². The summed E-state index contributed by atoms with van der Waals surface area (Å²) in [5.41, 5.74) is 0. The van der Waals surface area contributed by atoms with Gasteiger partial charge in [-0.25, -0.2) is 13.4 Å². The van der Waals surface area contributed by atoms with E-state index in [9.17, 15) is 8.42 Å². The zero-order chi connectivity index (χ0) is 14.2. The predicted octanol–water partition coefficient (Wildman–Crippen LogP) is 3.43. The monoisotopic (exact) mass is 348 g/mol. The normalized spacial score (nSPS) is 18.4. The molecule has 0 amide bonds. The minimum absolute atomic E-state index is 0.329.